The van der Waals surface area contributed by atoms with Crippen molar-refractivity contribution < 1.29 is 33.1 Å². The molecule has 0 spiro atoms. The number of ketones is 1. The Labute approximate surface area is 158 Å². The molecule has 0 bridgehead atoms. The van der Waals surface area contributed by atoms with Crippen molar-refractivity contribution in [2.45, 2.75) is 6.92 Å². The van der Waals surface area contributed by atoms with Crippen LogP contribution in [0, 0.1) is 6.92 Å². The number of anilines is 1. The minimum absolute atomic E-state index is 0.0388. The van der Waals surface area contributed by atoms with Gasteiger partial charge < -0.3 is 24.1 Å². The van der Waals surface area contributed by atoms with Gasteiger partial charge in [0.15, 0.2) is 29.7 Å². The van der Waals surface area contributed by atoms with Crippen LogP contribution in [0.1, 0.15) is 16.1 Å². The largest absolute Gasteiger partial charge is 0.457 e. The molecule has 0 aliphatic carbocycles. The van der Waals surface area contributed by atoms with Gasteiger partial charge in [0.2, 0.25) is 12.7 Å². The Balaban J connectivity index is 1.35. The summed E-state index contributed by atoms with van der Waals surface area (Å²) in [6.45, 7) is 1.44. The second kappa shape index (κ2) is 8.58. The van der Waals surface area contributed by atoms with Crippen LogP contribution in [-0.2, 0) is 14.3 Å². The predicted molar refractivity (Wildman–Crippen MR) is 95.0 cm³/mol. The first-order chi connectivity index (χ1) is 13.0. The van der Waals surface area contributed by atoms with Crippen LogP contribution in [0.4, 0.5) is 5.82 Å². The summed E-state index contributed by atoms with van der Waals surface area (Å²) in [6, 6.07) is 6.33. The highest BCUT2D eigenvalue weighted by Crippen LogP contribution is 2.32. The topological polar surface area (TPSA) is 117 Å². The van der Waals surface area contributed by atoms with E-state index in [4.69, 9.17) is 18.7 Å². The van der Waals surface area contributed by atoms with E-state index in [1.807, 2.05) is 0 Å². The summed E-state index contributed by atoms with van der Waals surface area (Å²) in [5.41, 5.74) is 0.363. The highest BCUT2D eigenvalue weighted by Gasteiger charge is 2.17. The van der Waals surface area contributed by atoms with Gasteiger partial charge in [-0.1, -0.05) is 5.16 Å². The van der Waals surface area contributed by atoms with Gasteiger partial charge in [-0.05, 0) is 25.1 Å². The predicted octanol–water partition coefficient (Wildman–Crippen LogP) is 1.81. The monoisotopic (exact) mass is 392 g/mol. The van der Waals surface area contributed by atoms with Gasteiger partial charge in [0.05, 0.1) is 11.5 Å². The number of esters is 1. The molecule has 0 saturated heterocycles. The Hall–Kier alpha value is -3.01. The highest BCUT2D eigenvalue weighted by molar-refractivity contribution is 8.00. The van der Waals surface area contributed by atoms with Crippen LogP contribution in [0.5, 0.6) is 11.5 Å². The van der Waals surface area contributed by atoms with E-state index >= 15 is 0 Å². The molecule has 2 aromatic rings. The number of fused-ring (bicyclic) bond motifs is 1. The number of hydrogen-bond donors (Lipinski definition) is 1. The molecule has 2 heterocycles. The summed E-state index contributed by atoms with van der Waals surface area (Å²) < 4.78 is 20.1. The maximum absolute atomic E-state index is 12.1. The standard InChI is InChI=1S/C17H16N2O7S/c1-10-4-15(19-26-10)18-16(21)7-27-8-17(22)23-6-12(20)11-2-3-13-14(5-11)25-9-24-13/h2-5H,6-9H2,1H3,(H,18,19,21). The van der Waals surface area contributed by atoms with Crippen molar-refractivity contribution in [3.05, 3.63) is 35.6 Å². The van der Waals surface area contributed by atoms with Crippen LogP contribution < -0.4 is 14.8 Å². The molecule has 0 unspecified atom stereocenters. The average molecular weight is 392 g/mol. The van der Waals surface area contributed by atoms with Crippen molar-refractivity contribution in [1.82, 2.24) is 5.16 Å². The summed E-state index contributed by atoms with van der Waals surface area (Å²) in [7, 11) is 0. The Kier molecular flexibility index (Phi) is 5.97. The van der Waals surface area contributed by atoms with Crippen LogP contribution in [0.15, 0.2) is 28.8 Å². The number of nitrogens with one attached hydrogen (secondary N) is 1. The summed E-state index contributed by atoms with van der Waals surface area (Å²) in [5.74, 6) is 0.665. The van der Waals surface area contributed by atoms with Gasteiger partial charge in [-0.2, -0.15) is 0 Å². The number of ether oxygens (including phenoxy) is 3. The van der Waals surface area contributed by atoms with Gasteiger partial charge in [-0.3, -0.25) is 14.4 Å². The lowest BCUT2D eigenvalue weighted by Crippen LogP contribution is -2.18. The quantitative estimate of drug-likeness (QED) is 0.530. The highest BCUT2D eigenvalue weighted by atomic mass is 32.2. The van der Waals surface area contributed by atoms with Crippen LogP contribution in [0.2, 0.25) is 0 Å². The minimum atomic E-state index is -0.584. The van der Waals surface area contributed by atoms with Gasteiger partial charge in [0, 0.05) is 11.6 Å². The molecule has 10 heteroatoms. The smallest absolute Gasteiger partial charge is 0.316 e. The van der Waals surface area contributed by atoms with E-state index in [0.717, 1.165) is 11.8 Å². The lowest BCUT2D eigenvalue weighted by Gasteiger charge is -2.05. The normalized spacial score (nSPS) is 11.9. The van der Waals surface area contributed by atoms with E-state index in [0.29, 0.717) is 28.6 Å². The SMILES string of the molecule is Cc1cc(NC(=O)CSCC(=O)OCC(=O)c2ccc3c(c2)OCO3)no1. The Morgan fingerprint density at radius 1 is 1.19 bits per heavy atom. The summed E-state index contributed by atoms with van der Waals surface area (Å²) in [4.78, 5) is 35.5. The number of nitrogens with zero attached hydrogens (tertiary/aromatic N) is 1. The fraction of sp³-hybridized carbons (Fsp3) is 0.294. The van der Waals surface area contributed by atoms with Gasteiger partial charge in [0.25, 0.3) is 0 Å². The average Bonchev–Trinajstić information content (AvgIpc) is 3.27. The summed E-state index contributed by atoms with van der Waals surface area (Å²) in [5, 5.41) is 6.17. The third-order valence-corrected chi connectivity index (χ3v) is 4.31. The summed E-state index contributed by atoms with van der Waals surface area (Å²) in [6.07, 6.45) is 0. The third-order valence-electron chi connectivity index (χ3n) is 3.41. The Morgan fingerprint density at radius 2 is 2.00 bits per heavy atom. The van der Waals surface area contributed by atoms with Crippen LogP contribution in [0.3, 0.4) is 0 Å². The third kappa shape index (κ3) is 5.23. The van der Waals surface area contributed by atoms with Crippen LogP contribution >= 0.6 is 11.8 Å². The van der Waals surface area contributed by atoms with E-state index in [2.05, 4.69) is 10.5 Å². The van der Waals surface area contributed by atoms with Crippen molar-refractivity contribution in [2.75, 3.05) is 30.2 Å². The van der Waals surface area contributed by atoms with Crippen LogP contribution in [-0.4, -0.2) is 47.7 Å². The second-order valence-electron chi connectivity index (χ2n) is 5.52. The molecule has 1 aliphatic rings. The molecular weight excluding hydrogens is 376 g/mol. The maximum Gasteiger partial charge on any atom is 0.316 e. The fourth-order valence-corrected chi connectivity index (χ4v) is 2.78. The van der Waals surface area contributed by atoms with Gasteiger partial charge in [-0.25, -0.2) is 0 Å². The molecule has 142 valence electrons. The van der Waals surface area contributed by atoms with Gasteiger partial charge >= 0.3 is 5.97 Å². The molecule has 0 fully saturated rings. The lowest BCUT2D eigenvalue weighted by atomic mass is 10.1. The van der Waals surface area contributed by atoms with Crippen molar-refractivity contribution in [3.63, 3.8) is 0 Å². The second-order valence-corrected chi connectivity index (χ2v) is 6.50. The number of hydrogen-bond acceptors (Lipinski definition) is 9. The lowest BCUT2D eigenvalue weighted by molar-refractivity contribution is -0.139. The molecular formula is C17H16N2O7S. The van der Waals surface area contributed by atoms with Gasteiger partial charge in [0.1, 0.15) is 5.76 Å². The number of benzene rings is 1. The first kappa shape index (κ1) is 18.8. The Morgan fingerprint density at radius 3 is 2.78 bits per heavy atom. The number of Topliss-reactive ketones (excluding diaryl/α,β-unsaturated/α-hetero) is 1. The molecule has 0 radical (unpaired) electrons. The van der Waals surface area contributed by atoms with Crippen molar-refractivity contribution in [2.24, 2.45) is 0 Å². The molecule has 9 nitrogen and oxygen atoms in total. The number of aryl methyl sites for hydroxylation is 1. The van der Waals surface area contributed by atoms with Crippen molar-refractivity contribution in [3.8, 4) is 11.5 Å². The van der Waals surface area contributed by atoms with E-state index in [1.165, 1.54) is 0 Å². The molecule has 27 heavy (non-hydrogen) atoms. The Bertz CT molecular complexity index is 865. The molecule has 1 aromatic heterocycles. The number of thioether (sulfide) groups is 1. The maximum atomic E-state index is 12.1. The molecule has 3 rings (SSSR count). The number of carbonyl (C=O) groups excluding carboxylic acids is 3. The number of amides is 1. The molecule has 1 aliphatic heterocycles. The van der Waals surface area contributed by atoms with E-state index in [1.54, 1.807) is 31.2 Å². The van der Waals surface area contributed by atoms with Crippen molar-refractivity contribution in [1.29, 1.82) is 0 Å². The van der Waals surface area contributed by atoms with E-state index < -0.39 is 5.97 Å². The zero-order chi connectivity index (χ0) is 19.2. The van der Waals surface area contributed by atoms with Crippen molar-refractivity contribution >= 4 is 35.2 Å². The molecule has 1 amide bonds. The zero-order valence-electron chi connectivity index (χ0n) is 14.4. The number of aromatic nitrogens is 1. The van der Waals surface area contributed by atoms with Crippen LogP contribution in [0.25, 0.3) is 0 Å². The number of rotatable bonds is 8. The fourth-order valence-electron chi connectivity index (χ4n) is 2.17. The molecule has 1 N–H and O–H groups in total. The van der Waals surface area contributed by atoms with E-state index in [-0.39, 0.29) is 36.6 Å². The minimum Gasteiger partial charge on any atom is -0.457 e. The molecule has 1 aromatic carbocycles. The first-order valence-corrected chi connectivity index (χ1v) is 9.06. The molecule has 0 saturated carbocycles. The number of carbonyl (C=O) groups is 3. The first-order valence-electron chi connectivity index (χ1n) is 7.90. The zero-order valence-corrected chi connectivity index (χ0v) is 15.2. The van der Waals surface area contributed by atoms with Gasteiger partial charge in [-0.15, -0.1) is 11.8 Å². The summed E-state index contributed by atoms with van der Waals surface area (Å²) >= 11 is 1.07. The molecule has 0 atom stereocenters. The van der Waals surface area contributed by atoms with E-state index in [9.17, 15) is 14.4 Å².